The molecule has 0 aliphatic heterocycles. The van der Waals surface area contributed by atoms with Gasteiger partial charge in [-0.25, -0.2) is 4.79 Å². The number of aliphatic carboxylic acids is 1. The summed E-state index contributed by atoms with van der Waals surface area (Å²) in [5, 5.41) is 11.3. The maximum Gasteiger partial charge on any atom is 0.328 e. The van der Waals surface area contributed by atoms with Crippen LogP contribution < -0.4 is 5.32 Å². The maximum absolute atomic E-state index is 12.0. The summed E-state index contributed by atoms with van der Waals surface area (Å²) in [7, 11) is 1.49. The van der Waals surface area contributed by atoms with Crippen LogP contribution in [0, 0.1) is 0 Å². The first-order valence-corrected chi connectivity index (χ1v) is 7.29. The third-order valence-corrected chi connectivity index (χ3v) is 4.11. The number of carbonyl (C=O) groups is 3. The van der Waals surface area contributed by atoms with E-state index >= 15 is 0 Å². The molecule has 1 aromatic rings. The molecule has 0 fully saturated rings. The van der Waals surface area contributed by atoms with Crippen molar-refractivity contribution in [1.82, 2.24) is 10.2 Å². The van der Waals surface area contributed by atoms with Crippen LogP contribution in [0.15, 0.2) is 15.9 Å². The fraction of sp³-hybridized carbons (Fsp3) is 0.417. The highest BCUT2D eigenvalue weighted by molar-refractivity contribution is 9.11. The average Bonchev–Trinajstić information content (AvgIpc) is 2.73. The van der Waals surface area contributed by atoms with Crippen LogP contribution in [0.5, 0.6) is 0 Å². The molecule has 0 saturated carbocycles. The molecule has 110 valence electrons. The molecule has 0 saturated heterocycles. The van der Waals surface area contributed by atoms with Gasteiger partial charge in [-0.05, 0) is 41.9 Å². The predicted octanol–water partition coefficient (Wildman–Crippen LogP) is 1.56. The zero-order valence-electron chi connectivity index (χ0n) is 11.3. The van der Waals surface area contributed by atoms with Gasteiger partial charge in [-0.15, -0.1) is 11.3 Å². The normalized spacial score (nSPS) is 11.0. The molecule has 0 aromatic carbocycles. The summed E-state index contributed by atoms with van der Waals surface area (Å²) in [5.41, 5.74) is -1.37. The van der Waals surface area contributed by atoms with E-state index in [-0.39, 0.29) is 12.5 Å². The first-order valence-electron chi connectivity index (χ1n) is 5.68. The Morgan fingerprint density at radius 3 is 2.45 bits per heavy atom. The van der Waals surface area contributed by atoms with E-state index < -0.39 is 17.4 Å². The summed E-state index contributed by atoms with van der Waals surface area (Å²) in [5.74, 6) is -1.95. The van der Waals surface area contributed by atoms with Crippen molar-refractivity contribution in [2.75, 3.05) is 13.6 Å². The first-order chi connectivity index (χ1) is 9.13. The van der Waals surface area contributed by atoms with E-state index in [4.69, 9.17) is 5.11 Å². The summed E-state index contributed by atoms with van der Waals surface area (Å²) >= 11 is 4.53. The molecular formula is C12H15BrN2O4S. The molecule has 0 aliphatic carbocycles. The Kier molecular flexibility index (Phi) is 5.29. The molecule has 2 N–H and O–H groups in total. The number of carboxylic acids is 1. The van der Waals surface area contributed by atoms with Crippen molar-refractivity contribution in [3.8, 4) is 0 Å². The number of hydrogen-bond acceptors (Lipinski definition) is 4. The van der Waals surface area contributed by atoms with Crippen LogP contribution in [0.25, 0.3) is 0 Å². The van der Waals surface area contributed by atoms with Crippen molar-refractivity contribution in [3.63, 3.8) is 0 Å². The van der Waals surface area contributed by atoms with Gasteiger partial charge >= 0.3 is 5.97 Å². The molecule has 1 aromatic heterocycles. The lowest BCUT2D eigenvalue weighted by molar-refractivity contribution is -0.146. The first kappa shape index (κ1) is 16.6. The second-order valence-electron chi connectivity index (χ2n) is 4.74. The third kappa shape index (κ3) is 4.31. The summed E-state index contributed by atoms with van der Waals surface area (Å²) in [4.78, 5) is 36.4. The number of nitrogens with one attached hydrogen (secondary N) is 1. The quantitative estimate of drug-likeness (QED) is 0.831. The SMILES string of the molecule is CN(CC(=O)NC(C)(C)C(=O)O)C(=O)c1ccc(Br)s1. The van der Waals surface area contributed by atoms with E-state index in [1.807, 2.05) is 0 Å². The van der Waals surface area contributed by atoms with Gasteiger partial charge in [-0.1, -0.05) is 0 Å². The fourth-order valence-corrected chi connectivity index (χ4v) is 2.73. The molecule has 8 heteroatoms. The monoisotopic (exact) mass is 362 g/mol. The van der Waals surface area contributed by atoms with Crippen LogP contribution in [-0.4, -0.2) is 46.9 Å². The number of carboxylic acid groups (broad SMARTS) is 1. The number of amides is 2. The Morgan fingerprint density at radius 1 is 1.40 bits per heavy atom. The van der Waals surface area contributed by atoms with Crippen LogP contribution in [0.4, 0.5) is 0 Å². The van der Waals surface area contributed by atoms with Crippen molar-refractivity contribution in [1.29, 1.82) is 0 Å². The molecule has 2 amide bonds. The molecule has 0 atom stereocenters. The van der Waals surface area contributed by atoms with Crippen LogP contribution >= 0.6 is 27.3 Å². The van der Waals surface area contributed by atoms with Gasteiger partial charge in [-0.3, -0.25) is 9.59 Å². The number of halogens is 1. The third-order valence-electron chi connectivity index (χ3n) is 2.50. The van der Waals surface area contributed by atoms with Crippen molar-refractivity contribution < 1.29 is 19.5 Å². The highest BCUT2D eigenvalue weighted by atomic mass is 79.9. The lowest BCUT2D eigenvalue weighted by atomic mass is 10.1. The van der Waals surface area contributed by atoms with Crippen LogP contribution in [0.1, 0.15) is 23.5 Å². The van der Waals surface area contributed by atoms with Crippen molar-refractivity contribution in [2.24, 2.45) is 0 Å². The maximum atomic E-state index is 12.0. The van der Waals surface area contributed by atoms with Gasteiger partial charge in [0.05, 0.1) is 15.2 Å². The summed E-state index contributed by atoms with van der Waals surface area (Å²) in [6, 6.07) is 3.41. The Balaban J connectivity index is 2.62. The average molecular weight is 363 g/mol. The zero-order valence-corrected chi connectivity index (χ0v) is 13.7. The molecule has 0 aliphatic rings. The minimum Gasteiger partial charge on any atom is -0.480 e. The minimum atomic E-state index is -1.37. The van der Waals surface area contributed by atoms with Gasteiger partial charge in [0.15, 0.2) is 0 Å². The summed E-state index contributed by atoms with van der Waals surface area (Å²) in [6.07, 6.45) is 0. The fourth-order valence-electron chi connectivity index (χ4n) is 1.35. The van der Waals surface area contributed by atoms with Gasteiger partial charge in [0.1, 0.15) is 5.54 Å². The standard InChI is InChI=1S/C12H15BrN2O4S/c1-12(2,11(18)19)14-9(16)6-15(3)10(17)7-4-5-8(13)20-7/h4-5H,6H2,1-3H3,(H,14,16)(H,18,19). The van der Waals surface area contributed by atoms with E-state index in [0.717, 1.165) is 3.79 Å². The molecule has 0 unspecified atom stereocenters. The molecular weight excluding hydrogens is 348 g/mol. The molecule has 1 heterocycles. The largest absolute Gasteiger partial charge is 0.480 e. The molecule has 0 radical (unpaired) electrons. The van der Waals surface area contributed by atoms with Gasteiger partial charge in [0, 0.05) is 7.05 Å². The van der Waals surface area contributed by atoms with Gasteiger partial charge < -0.3 is 15.3 Å². The second-order valence-corrected chi connectivity index (χ2v) is 7.21. The Morgan fingerprint density at radius 2 is 2.00 bits per heavy atom. The van der Waals surface area contributed by atoms with Crippen LogP contribution in [-0.2, 0) is 9.59 Å². The summed E-state index contributed by atoms with van der Waals surface area (Å²) < 4.78 is 0.825. The van der Waals surface area contributed by atoms with E-state index in [1.54, 1.807) is 12.1 Å². The molecule has 0 spiro atoms. The summed E-state index contributed by atoms with van der Waals surface area (Å²) in [6.45, 7) is 2.56. The lowest BCUT2D eigenvalue weighted by Gasteiger charge is -2.23. The van der Waals surface area contributed by atoms with Crippen molar-refractivity contribution in [3.05, 3.63) is 20.8 Å². The highest BCUT2D eigenvalue weighted by Gasteiger charge is 2.29. The van der Waals surface area contributed by atoms with Crippen LogP contribution in [0.2, 0.25) is 0 Å². The number of hydrogen-bond donors (Lipinski definition) is 2. The Bertz CT molecular complexity index is 541. The number of thiophene rings is 1. The van der Waals surface area contributed by atoms with E-state index in [9.17, 15) is 14.4 Å². The number of likely N-dealkylation sites (N-methyl/N-ethyl adjacent to an activating group) is 1. The molecule has 1 rings (SSSR count). The molecule has 6 nitrogen and oxygen atoms in total. The zero-order chi connectivity index (χ0) is 15.5. The Labute approximate surface area is 128 Å². The van der Waals surface area contributed by atoms with E-state index in [0.29, 0.717) is 4.88 Å². The highest BCUT2D eigenvalue weighted by Crippen LogP contribution is 2.22. The van der Waals surface area contributed by atoms with Gasteiger partial charge in [0.2, 0.25) is 5.91 Å². The van der Waals surface area contributed by atoms with E-state index in [1.165, 1.54) is 37.1 Å². The van der Waals surface area contributed by atoms with Crippen LogP contribution in [0.3, 0.4) is 0 Å². The van der Waals surface area contributed by atoms with Crippen molar-refractivity contribution in [2.45, 2.75) is 19.4 Å². The van der Waals surface area contributed by atoms with Gasteiger partial charge in [0.25, 0.3) is 5.91 Å². The number of rotatable bonds is 5. The molecule has 0 bridgehead atoms. The van der Waals surface area contributed by atoms with Crippen molar-refractivity contribution >= 4 is 45.1 Å². The minimum absolute atomic E-state index is 0.203. The smallest absolute Gasteiger partial charge is 0.328 e. The molecule has 20 heavy (non-hydrogen) atoms. The number of nitrogens with zero attached hydrogens (tertiary/aromatic N) is 1. The lowest BCUT2D eigenvalue weighted by Crippen LogP contribution is -2.52. The second kappa shape index (κ2) is 6.36. The predicted molar refractivity (Wildman–Crippen MR) is 78.8 cm³/mol. The van der Waals surface area contributed by atoms with E-state index in [2.05, 4.69) is 21.2 Å². The van der Waals surface area contributed by atoms with Gasteiger partial charge in [-0.2, -0.15) is 0 Å². The Hall–Kier alpha value is -1.41. The topological polar surface area (TPSA) is 86.7 Å². The number of carbonyl (C=O) groups excluding carboxylic acids is 2.